The van der Waals surface area contributed by atoms with Crippen molar-refractivity contribution in [3.8, 4) is 5.69 Å². The minimum Gasteiger partial charge on any atom is -0.452 e. The van der Waals surface area contributed by atoms with Crippen molar-refractivity contribution in [2.75, 3.05) is 13.2 Å². The molecular weight excluding hydrogens is 328 g/mol. The summed E-state index contributed by atoms with van der Waals surface area (Å²) in [5.74, 6) is -0.555. The summed E-state index contributed by atoms with van der Waals surface area (Å²) in [6, 6.07) is 11.9. The number of aromatic nitrogens is 1. The van der Waals surface area contributed by atoms with Crippen molar-refractivity contribution in [1.29, 1.82) is 0 Å². The number of nitrogens with zero attached hydrogens (tertiary/aromatic N) is 2. The molecule has 1 amide bonds. The SMILES string of the molecule is Cc1cc(C(=O)OCC(=O)N2CCCC[C@H]2C)c(C)n1-c1ccccc1. The molecule has 1 aromatic heterocycles. The fourth-order valence-corrected chi connectivity index (χ4v) is 3.70. The van der Waals surface area contributed by atoms with Crippen LogP contribution in [0.4, 0.5) is 0 Å². The molecule has 0 saturated carbocycles. The largest absolute Gasteiger partial charge is 0.452 e. The molecule has 0 spiro atoms. The summed E-state index contributed by atoms with van der Waals surface area (Å²) in [6.07, 6.45) is 3.18. The second-order valence-corrected chi connectivity index (χ2v) is 6.96. The third-order valence-electron chi connectivity index (χ3n) is 5.12. The van der Waals surface area contributed by atoms with Crippen LogP contribution in [0.1, 0.15) is 47.9 Å². The van der Waals surface area contributed by atoms with E-state index in [4.69, 9.17) is 4.74 Å². The van der Waals surface area contributed by atoms with Crippen molar-refractivity contribution in [2.45, 2.75) is 46.1 Å². The van der Waals surface area contributed by atoms with Gasteiger partial charge in [0.15, 0.2) is 6.61 Å². The molecule has 1 atom stereocenters. The first-order valence-electron chi connectivity index (χ1n) is 9.20. The summed E-state index contributed by atoms with van der Waals surface area (Å²) in [4.78, 5) is 26.7. The van der Waals surface area contributed by atoms with Crippen LogP contribution in [0.5, 0.6) is 0 Å². The van der Waals surface area contributed by atoms with Crippen LogP contribution in [0.2, 0.25) is 0 Å². The molecule has 0 aliphatic carbocycles. The maximum absolute atomic E-state index is 12.5. The Bertz CT molecular complexity index is 795. The number of hydrogen-bond donors (Lipinski definition) is 0. The van der Waals surface area contributed by atoms with Gasteiger partial charge in [0.1, 0.15) is 0 Å². The van der Waals surface area contributed by atoms with E-state index in [-0.39, 0.29) is 18.6 Å². The van der Waals surface area contributed by atoms with Crippen LogP contribution in [-0.2, 0) is 9.53 Å². The summed E-state index contributed by atoms with van der Waals surface area (Å²) in [7, 11) is 0. The summed E-state index contributed by atoms with van der Waals surface area (Å²) < 4.78 is 7.35. The third-order valence-corrected chi connectivity index (χ3v) is 5.12. The Hall–Kier alpha value is -2.56. The van der Waals surface area contributed by atoms with Gasteiger partial charge in [-0.3, -0.25) is 4.79 Å². The predicted octanol–water partition coefficient (Wildman–Crippen LogP) is 3.65. The molecule has 1 fully saturated rings. The molecule has 1 saturated heterocycles. The normalized spacial score (nSPS) is 17.2. The summed E-state index contributed by atoms with van der Waals surface area (Å²) in [5, 5.41) is 0. The van der Waals surface area contributed by atoms with Crippen LogP contribution in [0.25, 0.3) is 5.69 Å². The van der Waals surface area contributed by atoms with Crippen LogP contribution in [0.3, 0.4) is 0 Å². The van der Waals surface area contributed by atoms with Gasteiger partial charge in [-0.15, -0.1) is 0 Å². The van der Waals surface area contributed by atoms with Gasteiger partial charge in [0, 0.05) is 29.7 Å². The molecule has 5 nitrogen and oxygen atoms in total. The minimum atomic E-state index is -0.446. The highest BCUT2D eigenvalue weighted by atomic mass is 16.5. The van der Waals surface area contributed by atoms with Gasteiger partial charge in [-0.25, -0.2) is 4.79 Å². The van der Waals surface area contributed by atoms with Crippen molar-refractivity contribution in [3.63, 3.8) is 0 Å². The Morgan fingerprint density at radius 2 is 1.88 bits per heavy atom. The first kappa shape index (κ1) is 18.2. The first-order valence-corrected chi connectivity index (χ1v) is 9.20. The van der Waals surface area contributed by atoms with Gasteiger partial charge in [-0.2, -0.15) is 0 Å². The Labute approximate surface area is 154 Å². The molecule has 1 aromatic carbocycles. The molecule has 2 aromatic rings. The lowest BCUT2D eigenvalue weighted by Gasteiger charge is -2.33. The van der Waals surface area contributed by atoms with Crippen molar-refractivity contribution < 1.29 is 14.3 Å². The highest BCUT2D eigenvalue weighted by Gasteiger charge is 2.25. The fraction of sp³-hybridized carbons (Fsp3) is 0.429. The molecule has 1 aliphatic heterocycles. The lowest BCUT2D eigenvalue weighted by molar-refractivity contribution is -0.137. The van der Waals surface area contributed by atoms with Gasteiger partial charge >= 0.3 is 5.97 Å². The topological polar surface area (TPSA) is 51.5 Å². The molecular formula is C21H26N2O3. The van der Waals surface area contributed by atoms with Crippen LogP contribution < -0.4 is 0 Å². The number of para-hydroxylation sites is 1. The van der Waals surface area contributed by atoms with Gasteiger partial charge in [-0.05, 0) is 58.2 Å². The molecule has 0 unspecified atom stereocenters. The number of hydrogen-bond acceptors (Lipinski definition) is 3. The lowest BCUT2D eigenvalue weighted by atomic mass is 10.0. The number of rotatable bonds is 4. The quantitative estimate of drug-likeness (QED) is 0.788. The zero-order valence-corrected chi connectivity index (χ0v) is 15.7. The number of piperidine rings is 1. The van der Waals surface area contributed by atoms with Crippen molar-refractivity contribution in [3.05, 3.63) is 53.3 Å². The van der Waals surface area contributed by atoms with Gasteiger partial charge < -0.3 is 14.2 Å². The highest BCUT2D eigenvalue weighted by molar-refractivity contribution is 5.93. The average molecular weight is 354 g/mol. The molecule has 5 heteroatoms. The van der Waals surface area contributed by atoms with Crippen LogP contribution in [-0.4, -0.2) is 40.5 Å². The number of carbonyl (C=O) groups is 2. The molecule has 138 valence electrons. The molecule has 0 N–H and O–H groups in total. The number of carbonyl (C=O) groups excluding carboxylic acids is 2. The Morgan fingerprint density at radius 1 is 1.15 bits per heavy atom. The standard InChI is InChI=1S/C21H26N2O3/c1-15-9-7-8-12-22(15)20(24)14-26-21(25)19-13-16(2)23(17(19)3)18-10-5-4-6-11-18/h4-6,10-11,13,15H,7-9,12,14H2,1-3H3/t15-/m1/s1. The number of amides is 1. The van der Waals surface area contributed by atoms with E-state index in [9.17, 15) is 9.59 Å². The van der Waals surface area contributed by atoms with E-state index in [1.54, 1.807) is 0 Å². The molecule has 0 radical (unpaired) electrons. The fourth-order valence-electron chi connectivity index (χ4n) is 3.70. The first-order chi connectivity index (χ1) is 12.5. The Kier molecular flexibility index (Phi) is 5.45. The summed E-state index contributed by atoms with van der Waals surface area (Å²) in [5.41, 5.74) is 3.28. The van der Waals surface area contributed by atoms with Crippen LogP contribution in [0, 0.1) is 13.8 Å². The second kappa shape index (κ2) is 7.77. The summed E-state index contributed by atoms with van der Waals surface area (Å²) in [6.45, 7) is 6.45. The average Bonchev–Trinajstić information content (AvgIpc) is 2.95. The van der Waals surface area contributed by atoms with Crippen molar-refractivity contribution >= 4 is 11.9 Å². The van der Waals surface area contributed by atoms with Crippen molar-refractivity contribution in [2.24, 2.45) is 0 Å². The van der Waals surface area contributed by atoms with E-state index >= 15 is 0 Å². The van der Waals surface area contributed by atoms with Gasteiger partial charge in [0.05, 0.1) is 5.56 Å². The van der Waals surface area contributed by atoms with Crippen molar-refractivity contribution in [1.82, 2.24) is 9.47 Å². The van der Waals surface area contributed by atoms with Crippen LogP contribution in [0.15, 0.2) is 36.4 Å². The second-order valence-electron chi connectivity index (χ2n) is 6.96. The number of esters is 1. The smallest absolute Gasteiger partial charge is 0.340 e. The lowest BCUT2D eigenvalue weighted by Crippen LogP contribution is -2.44. The summed E-state index contributed by atoms with van der Waals surface area (Å²) >= 11 is 0. The zero-order valence-electron chi connectivity index (χ0n) is 15.7. The van der Waals surface area contributed by atoms with E-state index in [1.807, 2.05) is 66.6 Å². The van der Waals surface area contributed by atoms with E-state index in [2.05, 4.69) is 0 Å². The third kappa shape index (κ3) is 3.66. The number of benzene rings is 1. The van der Waals surface area contributed by atoms with E-state index in [1.165, 1.54) is 0 Å². The monoisotopic (exact) mass is 354 g/mol. The van der Waals surface area contributed by atoms with E-state index in [0.717, 1.165) is 42.9 Å². The highest BCUT2D eigenvalue weighted by Crippen LogP contribution is 2.22. The predicted molar refractivity (Wildman–Crippen MR) is 101 cm³/mol. The zero-order chi connectivity index (χ0) is 18.7. The Morgan fingerprint density at radius 3 is 2.58 bits per heavy atom. The molecule has 2 heterocycles. The minimum absolute atomic E-state index is 0.109. The Balaban J connectivity index is 1.70. The molecule has 26 heavy (non-hydrogen) atoms. The molecule has 0 bridgehead atoms. The number of ether oxygens (including phenoxy) is 1. The van der Waals surface area contributed by atoms with Crippen LogP contribution >= 0.6 is 0 Å². The number of likely N-dealkylation sites (tertiary alicyclic amines) is 1. The molecule has 3 rings (SSSR count). The van der Waals surface area contributed by atoms with E-state index < -0.39 is 5.97 Å². The van der Waals surface area contributed by atoms with Gasteiger partial charge in [-0.1, -0.05) is 18.2 Å². The maximum atomic E-state index is 12.5. The van der Waals surface area contributed by atoms with Gasteiger partial charge in [0.25, 0.3) is 5.91 Å². The van der Waals surface area contributed by atoms with Gasteiger partial charge in [0.2, 0.25) is 0 Å². The van der Waals surface area contributed by atoms with E-state index in [0.29, 0.717) is 5.56 Å². The maximum Gasteiger partial charge on any atom is 0.340 e. The number of aryl methyl sites for hydroxylation is 1. The molecule has 1 aliphatic rings.